The second-order valence-electron chi connectivity index (χ2n) is 11.3. The molecule has 1 fully saturated rings. The van der Waals surface area contributed by atoms with E-state index < -0.39 is 23.1 Å². The third-order valence-electron chi connectivity index (χ3n) is 8.12. The van der Waals surface area contributed by atoms with E-state index in [2.05, 4.69) is 20.4 Å². The van der Waals surface area contributed by atoms with E-state index in [1.54, 1.807) is 49.9 Å². The first kappa shape index (κ1) is 27.8. The molecule has 1 aliphatic rings. The third kappa shape index (κ3) is 5.09. The maximum absolute atomic E-state index is 15.5. The lowest BCUT2D eigenvalue weighted by atomic mass is 9.67. The predicted molar refractivity (Wildman–Crippen MR) is 148 cm³/mol. The highest BCUT2D eigenvalue weighted by atomic mass is 19.1. The van der Waals surface area contributed by atoms with Crippen LogP contribution in [-0.2, 0) is 6.42 Å². The van der Waals surface area contributed by atoms with E-state index >= 15 is 4.39 Å². The number of hydrogen-bond acceptors (Lipinski definition) is 6. The number of rotatable bonds is 6. The van der Waals surface area contributed by atoms with E-state index in [0.29, 0.717) is 24.2 Å². The first-order valence-electron chi connectivity index (χ1n) is 13.5. The monoisotopic (exact) mass is 548 g/mol. The molecule has 1 saturated carbocycles. The Kier molecular flexibility index (Phi) is 7.41. The number of aromatic nitrogens is 4. The van der Waals surface area contributed by atoms with Crippen molar-refractivity contribution in [3.63, 3.8) is 0 Å². The molecular formula is C30H34F2N6O2. The number of pyridine rings is 1. The van der Waals surface area contributed by atoms with Crippen LogP contribution in [0.4, 0.5) is 8.78 Å². The van der Waals surface area contributed by atoms with Crippen LogP contribution >= 0.6 is 0 Å². The summed E-state index contributed by atoms with van der Waals surface area (Å²) in [5, 5.41) is 18.0. The predicted octanol–water partition coefficient (Wildman–Crippen LogP) is 4.39. The van der Waals surface area contributed by atoms with E-state index in [4.69, 9.17) is 5.73 Å². The standard InChI is InChI=1S/C30H34F2N6O2/c1-16(2)36-29(39)22-6-7-23(31)27(28(22)32)24-8-5-20-15-35-26(38(20)37-24)13-19-14-34-10-9-21(19)18-11-17(3)30(4,40)25(33)12-18/h5-10,14-18,25,40H,11-13,33H2,1-4H3,(H,36,39)/t17-,18+,25+,30+/m0/s1. The zero-order valence-corrected chi connectivity index (χ0v) is 23.0. The van der Waals surface area contributed by atoms with Crippen molar-refractivity contribution in [2.75, 3.05) is 0 Å². The summed E-state index contributed by atoms with van der Waals surface area (Å²) in [5.74, 6) is -1.69. The van der Waals surface area contributed by atoms with Crippen molar-refractivity contribution in [1.82, 2.24) is 24.9 Å². The van der Waals surface area contributed by atoms with Crippen molar-refractivity contribution >= 4 is 11.4 Å². The van der Waals surface area contributed by atoms with Crippen molar-refractivity contribution in [3.05, 3.63) is 83.1 Å². The van der Waals surface area contributed by atoms with Gasteiger partial charge in [-0.1, -0.05) is 6.92 Å². The Labute approximate surface area is 231 Å². The molecule has 1 amide bonds. The quantitative estimate of drug-likeness (QED) is 0.329. The highest BCUT2D eigenvalue weighted by molar-refractivity contribution is 5.96. The van der Waals surface area contributed by atoms with Crippen molar-refractivity contribution in [3.8, 4) is 11.3 Å². The highest BCUT2D eigenvalue weighted by Crippen LogP contribution is 2.42. The Bertz CT molecular complexity index is 1550. The summed E-state index contributed by atoms with van der Waals surface area (Å²) < 4.78 is 31.9. The van der Waals surface area contributed by atoms with Gasteiger partial charge in [0.2, 0.25) is 0 Å². The summed E-state index contributed by atoms with van der Waals surface area (Å²) in [6.07, 6.45) is 6.98. The molecule has 1 aliphatic carbocycles. The SMILES string of the molecule is CC(C)NC(=O)c1ccc(F)c(-c2ccc3cnc(Cc4cnccc4[C@H]4C[C@@H](N)[C@](C)(O)[C@@H](C)C4)n3n2)c1F. The van der Waals surface area contributed by atoms with E-state index in [1.165, 1.54) is 6.07 Å². The van der Waals surface area contributed by atoms with Crippen LogP contribution < -0.4 is 11.1 Å². The van der Waals surface area contributed by atoms with Crippen LogP contribution in [0.1, 0.15) is 73.8 Å². The molecular weight excluding hydrogens is 514 g/mol. The highest BCUT2D eigenvalue weighted by Gasteiger charge is 2.42. The Hall–Kier alpha value is -3.76. The second-order valence-corrected chi connectivity index (χ2v) is 11.3. The fraction of sp³-hybridized carbons (Fsp3) is 0.400. The Morgan fingerprint density at radius 3 is 2.70 bits per heavy atom. The average Bonchev–Trinajstić information content (AvgIpc) is 3.29. The molecule has 4 N–H and O–H groups in total. The number of nitrogens with zero attached hydrogens (tertiary/aromatic N) is 4. The first-order chi connectivity index (χ1) is 19.0. The van der Waals surface area contributed by atoms with Gasteiger partial charge in [0.1, 0.15) is 17.5 Å². The average molecular weight is 549 g/mol. The van der Waals surface area contributed by atoms with E-state index in [1.807, 2.05) is 13.0 Å². The minimum Gasteiger partial charge on any atom is -0.388 e. The maximum Gasteiger partial charge on any atom is 0.254 e. The lowest BCUT2D eigenvalue weighted by Crippen LogP contribution is -2.54. The normalized spacial score (nSPS) is 23.1. The van der Waals surface area contributed by atoms with E-state index in [9.17, 15) is 14.3 Å². The zero-order valence-electron chi connectivity index (χ0n) is 23.0. The number of hydrogen-bond donors (Lipinski definition) is 3. The van der Waals surface area contributed by atoms with Gasteiger partial charge in [-0.15, -0.1) is 0 Å². The summed E-state index contributed by atoms with van der Waals surface area (Å²) in [6.45, 7) is 7.33. The van der Waals surface area contributed by atoms with Crippen LogP contribution in [0.3, 0.4) is 0 Å². The van der Waals surface area contributed by atoms with E-state index in [-0.39, 0.29) is 40.7 Å². The number of aliphatic hydroxyl groups is 1. The fourth-order valence-electron chi connectivity index (χ4n) is 5.57. The van der Waals surface area contributed by atoms with Crippen LogP contribution in [0.15, 0.2) is 48.9 Å². The topological polar surface area (TPSA) is 118 Å². The summed E-state index contributed by atoms with van der Waals surface area (Å²) in [4.78, 5) is 21.4. The summed E-state index contributed by atoms with van der Waals surface area (Å²) in [6, 6.07) is 6.82. The molecule has 0 spiro atoms. The molecule has 0 bridgehead atoms. The number of carbonyl (C=O) groups excluding carboxylic acids is 1. The fourth-order valence-corrected chi connectivity index (χ4v) is 5.57. The molecule has 3 heterocycles. The number of benzene rings is 1. The molecule has 3 aromatic heterocycles. The van der Waals surface area contributed by atoms with Gasteiger partial charge >= 0.3 is 0 Å². The molecule has 0 radical (unpaired) electrons. The molecule has 4 atom stereocenters. The first-order valence-corrected chi connectivity index (χ1v) is 13.5. The smallest absolute Gasteiger partial charge is 0.254 e. The number of nitrogens with two attached hydrogens (primary N) is 1. The number of nitrogens with one attached hydrogen (secondary N) is 1. The molecule has 0 unspecified atom stereocenters. The number of fused-ring (bicyclic) bond motifs is 1. The minimum atomic E-state index is -0.972. The zero-order chi connectivity index (χ0) is 28.8. The summed E-state index contributed by atoms with van der Waals surface area (Å²) in [5.41, 5.74) is 7.53. The van der Waals surface area contributed by atoms with Gasteiger partial charge in [0.05, 0.1) is 34.1 Å². The maximum atomic E-state index is 15.5. The molecule has 5 rings (SSSR count). The van der Waals surface area contributed by atoms with Gasteiger partial charge in [-0.2, -0.15) is 5.10 Å². The number of imidazole rings is 1. The van der Waals surface area contributed by atoms with Gasteiger partial charge in [0, 0.05) is 30.9 Å². The molecule has 210 valence electrons. The lowest BCUT2D eigenvalue weighted by Gasteiger charge is -2.44. The van der Waals surface area contributed by atoms with Crippen molar-refractivity contribution in [2.45, 2.75) is 70.6 Å². The Morgan fingerprint density at radius 2 is 1.98 bits per heavy atom. The van der Waals surface area contributed by atoms with Crippen LogP contribution in [0.2, 0.25) is 0 Å². The molecule has 4 aromatic rings. The van der Waals surface area contributed by atoms with Crippen molar-refractivity contribution < 1.29 is 18.7 Å². The number of carbonyl (C=O) groups is 1. The van der Waals surface area contributed by atoms with Crippen LogP contribution in [0.5, 0.6) is 0 Å². The van der Waals surface area contributed by atoms with Gasteiger partial charge in [-0.3, -0.25) is 9.78 Å². The van der Waals surface area contributed by atoms with Crippen molar-refractivity contribution in [1.29, 1.82) is 0 Å². The van der Waals surface area contributed by atoms with Crippen LogP contribution in [-0.4, -0.2) is 48.3 Å². The van der Waals surface area contributed by atoms with Crippen molar-refractivity contribution in [2.24, 2.45) is 11.7 Å². The summed E-state index contributed by atoms with van der Waals surface area (Å²) >= 11 is 0. The van der Waals surface area contributed by atoms with Crippen LogP contribution in [0, 0.1) is 17.6 Å². The van der Waals surface area contributed by atoms with Gasteiger partial charge in [0.25, 0.3) is 5.91 Å². The van der Waals surface area contributed by atoms with Gasteiger partial charge < -0.3 is 16.2 Å². The minimum absolute atomic E-state index is 0.0157. The second kappa shape index (κ2) is 10.7. The third-order valence-corrected chi connectivity index (χ3v) is 8.12. The van der Waals surface area contributed by atoms with Crippen LogP contribution in [0.25, 0.3) is 16.8 Å². The van der Waals surface area contributed by atoms with E-state index in [0.717, 1.165) is 29.7 Å². The lowest BCUT2D eigenvalue weighted by molar-refractivity contribution is -0.0464. The number of amides is 1. The molecule has 1 aromatic carbocycles. The molecule has 0 aliphatic heterocycles. The molecule has 8 nitrogen and oxygen atoms in total. The van der Waals surface area contributed by atoms with Gasteiger partial charge in [-0.05, 0) is 86.9 Å². The molecule has 0 saturated heterocycles. The molecule has 10 heteroatoms. The largest absolute Gasteiger partial charge is 0.388 e. The number of halogens is 2. The van der Waals surface area contributed by atoms with Gasteiger partial charge in [-0.25, -0.2) is 18.3 Å². The Morgan fingerprint density at radius 1 is 1.20 bits per heavy atom. The van der Waals surface area contributed by atoms with Gasteiger partial charge in [0.15, 0.2) is 0 Å². The Balaban J connectivity index is 1.50. The summed E-state index contributed by atoms with van der Waals surface area (Å²) in [7, 11) is 0. The molecule has 40 heavy (non-hydrogen) atoms.